The zero-order valence-corrected chi connectivity index (χ0v) is 14.4. The quantitative estimate of drug-likeness (QED) is 0.519. The lowest BCUT2D eigenvalue weighted by molar-refractivity contribution is 0.263. The van der Waals surface area contributed by atoms with Gasteiger partial charge >= 0.3 is 0 Å². The molecular formula is C17H12Cl2N4O2. The Labute approximate surface area is 153 Å². The van der Waals surface area contributed by atoms with Crippen molar-refractivity contribution in [2.24, 2.45) is 0 Å². The number of halogens is 2. The van der Waals surface area contributed by atoms with E-state index in [1.54, 1.807) is 30.8 Å². The minimum Gasteiger partial charge on any atom is -0.468 e. The van der Waals surface area contributed by atoms with E-state index in [0.29, 0.717) is 39.4 Å². The Morgan fingerprint density at radius 3 is 2.64 bits per heavy atom. The topological polar surface area (TPSA) is 66.0 Å². The summed E-state index contributed by atoms with van der Waals surface area (Å²) >= 11 is 12.5. The van der Waals surface area contributed by atoms with E-state index in [1.807, 2.05) is 16.7 Å². The number of ether oxygens (including phenoxy) is 1. The van der Waals surface area contributed by atoms with Crippen molar-refractivity contribution in [1.29, 1.82) is 0 Å². The van der Waals surface area contributed by atoms with Crippen LogP contribution in [-0.4, -0.2) is 19.5 Å². The Kier molecular flexibility index (Phi) is 4.29. The summed E-state index contributed by atoms with van der Waals surface area (Å²) in [4.78, 5) is 12.8. The lowest BCUT2D eigenvalue weighted by Crippen LogP contribution is -2.02. The average molecular weight is 375 g/mol. The van der Waals surface area contributed by atoms with Gasteiger partial charge in [0.25, 0.3) is 0 Å². The van der Waals surface area contributed by atoms with E-state index in [2.05, 4.69) is 15.0 Å². The summed E-state index contributed by atoms with van der Waals surface area (Å²) in [6.45, 7) is 0.714. The van der Waals surface area contributed by atoms with Gasteiger partial charge < -0.3 is 13.7 Å². The number of furan rings is 1. The van der Waals surface area contributed by atoms with Gasteiger partial charge in [0.05, 0.1) is 19.1 Å². The SMILES string of the molecule is Clc1cccc(Cl)c1Cn1cnc2c(OCc3ccco3)ncnc21. The first kappa shape index (κ1) is 15.9. The normalized spacial score (nSPS) is 11.1. The number of imidazole rings is 1. The number of hydrogen-bond acceptors (Lipinski definition) is 5. The molecule has 0 N–H and O–H groups in total. The molecule has 0 aliphatic rings. The number of nitrogens with zero attached hydrogens (tertiary/aromatic N) is 4. The summed E-state index contributed by atoms with van der Waals surface area (Å²) in [5.74, 6) is 1.10. The summed E-state index contributed by atoms with van der Waals surface area (Å²) in [6, 6.07) is 9.04. The third kappa shape index (κ3) is 3.18. The molecular weight excluding hydrogens is 363 g/mol. The van der Waals surface area contributed by atoms with E-state index < -0.39 is 0 Å². The summed E-state index contributed by atoms with van der Waals surface area (Å²) in [5, 5.41) is 1.19. The second-order valence-corrected chi connectivity index (χ2v) is 6.11. The minimum atomic E-state index is 0.266. The Balaban J connectivity index is 1.64. The molecule has 0 atom stereocenters. The van der Waals surface area contributed by atoms with Crippen molar-refractivity contribution in [3.8, 4) is 5.88 Å². The van der Waals surface area contributed by atoms with Crippen LogP contribution in [0.4, 0.5) is 0 Å². The second-order valence-electron chi connectivity index (χ2n) is 5.29. The largest absolute Gasteiger partial charge is 0.468 e. The minimum absolute atomic E-state index is 0.266. The monoisotopic (exact) mass is 374 g/mol. The van der Waals surface area contributed by atoms with E-state index in [-0.39, 0.29) is 6.61 Å². The predicted octanol–water partition coefficient (Wildman–Crippen LogP) is 4.35. The zero-order valence-electron chi connectivity index (χ0n) is 12.9. The summed E-state index contributed by atoms with van der Waals surface area (Å²) in [7, 11) is 0. The molecule has 0 aliphatic heterocycles. The number of aromatic nitrogens is 4. The highest BCUT2D eigenvalue weighted by Crippen LogP contribution is 2.27. The first-order valence-corrected chi connectivity index (χ1v) is 8.22. The van der Waals surface area contributed by atoms with Gasteiger partial charge in [0.15, 0.2) is 11.2 Å². The molecule has 25 heavy (non-hydrogen) atoms. The van der Waals surface area contributed by atoms with Gasteiger partial charge in [-0.3, -0.25) is 0 Å². The molecule has 0 saturated carbocycles. The number of fused-ring (bicyclic) bond motifs is 1. The van der Waals surface area contributed by atoms with Crippen molar-refractivity contribution in [1.82, 2.24) is 19.5 Å². The summed E-state index contributed by atoms with van der Waals surface area (Å²) in [5.41, 5.74) is 2.01. The maximum Gasteiger partial charge on any atom is 0.245 e. The summed E-state index contributed by atoms with van der Waals surface area (Å²) in [6.07, 6.45) is 4.70. The van der Waals surface area contributed by atoms with Crippen LogP contribution in [0.15, 0.2) is 53.7 Å². The molecule has 0 saturated heterocycles. The highest BCUT2D eigenvalue weighted by atomic mass is 35.5. The number of rotatable bonds is 5. The Hall–Kier alpha value is -2.57. The van der Waals surface area contributed by atoms with Crippen molar-refractivity contribution in [2.75, 3.05) is 0 Å². The first-order valence-electron chi connectivity index (χ1n) is 7.46. The highest BCUT2D eigenvalue weighted by Gasteiger charge is 2.14. The Morgan fingerprint density at radius 2 is 1.88 bits per heavy atom. The zero-order chi connectivity index (χ0) is 17.2. The second kappa shape index (κ2) is 6.74. The molecule has 0 bridgehead atoms. The molecule has 0 amide bonds. The fourth-order valence-electron chi connectivity index (χ4n) is 2.47. The molecule has 3 heterocycles. The van der Waals surface area contributed by atoms with Crippen molar-refractivity contribution in [2.45, 2.75) is 13.2 Å². The standard InChI is InChI=1S/C17H12Cl2N4O2/c18-13-4-1-5-14(19)12(13)7-23-10-22-15-16(23)20-9-21-17(15)25-8-11-3-2-6-24-11/h1-6,9-10H,7-8H2. The van der Waals surface area contributed by atoms with Gasteiger partial charge in [-0.25, -0.2) is 9.97 Å². The van der Waals surface area contributed by atoms with Gasteiger partial charge in [-0.1, -0.05) is 29.3 Å². The molecule has 0 spiro atoms. The molecule has 0 radical (unpaired) electrons. The molecule has 3 aromatic heterocycles. The van der Waals surface area contributed by atoms with Gasteiger partial charge in [-0.05, 0) is 24.3 Å². The molecule has 0 aliphatic carbocycles. The third-order valence-corrected chi connectivity index (χ3v) is 4.40. The smallest absolute Gasteiger partial charge is 0.245 e. The fraction of sp³-hybridized carbons (Fsp3) is 0.118. The number of hydrogen-bond donors (Lipinski definition) is 0. The van der Waals surface area contributed by atoms with E-state index in [0.717, 1.165) is 5.56 Å². The van der Waals surface area contributed by atoms with Crippen LogP contribution in [0.25, 0.3) is 11.2 Å². The van der Waals surface area contributed by atoms with E-state index >= 15 is 0 Å². The van der Waals surface area contributed by atoms with Crippen LogP contribution in [0.5, 0.6) is 5.88 Å². The molecule has 0 unspecified atom stereocenters. The predicted molar refractivity (Wildman–Crippen MR) is 93.9 cm³/mol. The molecule has 4 rings (SSSR count). The van der Waals surface area contributed by atoms with Gasteiger partial charge in [-0.15, -0.1) is 0 Å². The van der Waals surface area contributed by atoms with E-state index in [1.165, 1.54) is 6.33 Å². The summed E-state index contributed by atoms with van der Waals surface area (Å²) < 4.78 is 12.8. The molecule has 1 aromatic carbocycles. The molecule has 4 aromatic rings. The highest BCUT2D eigenvalue weighted by molar-refractivity contribution is 6.36. The van der Waals surface area contributed by atoms with Gasteiger partial charge in [0.1, 0.15) is 18.7 Å². The lowest BCUT2D eigenvalue weighted by Gasteiger charge is -2.08. The Bertz CT molecular complexity index is 995. The van der Waals surface area contributed by atoms with Gasteiger partial charge in [0, 0.05) is 15.6 Å². The van der Waals surface area contributed by atoms with Crippen LogP contribution in [0, 0.1) is 0 Å². The maximum atomic E-state index is 6.25. The molecule has 6 nitrogen and oxygen atoms in total. The van der Waals surface area contributed by atoms with Crippen LogP contribution in [0.3, 0.4) is 0 Å². The molecule has 8 heteroatoms. The first-order chi connectivity index (χ1) is 12.2. The molecule has 0 fully saturated rings. The van der Waals surface area contributed by atoms with E-state index in [4.69, 9.17) is 32.4 Å². The van der Waals surface area contributed by atoms with Crippen LogP contribution >= 0.6 is 23.2 Å². The fourth-order valence-corrected chi connectivity index (χ4v) is 2.99. The van der Waals surface area contributed by atoms with Gasteiger partial charge in [0.2, 0.25) is 5.88 Å². The van der Waals surface area contributed by atoms with Crippen LogP contribution in [0.1, 0.15) is 11.3 Å². The van der Waals surface area contributed by atoms with Crippen LogP contribution in [-0.2, 0) is 13.2 Å². The average Bonchev–Trinajstić information content (AvgIpc) is 3.26. The number of benzene rings is 1. The van der Waals surface area contributed by atoms with Crippen molar-refractivity contribution >= 4 is 34.4 Å². The van der Waals surface area contributed by atoms with Gasteiger partial charge in [-0.2, -0.15) is 4.98 Å². The maximum absolute atomic E-state index is 6.25. The van der Waals surface area contributed by atoms with Crippen LogP contribution < -0.4 is 4.74 Å². The van der Waals surface area contributed by atoms with Crippen molar-refractivity contribution in [3.63, 3.8) is 0 Å². The van der Waals surface area contributed by atoms with Crippen molar-refractivity contribution in [3.05, 3.63) is 70.6 Å². The van der Waals surface area contributed by atoms with Crippen LogP contribution in [0.2, 0.25) is 10.0 Å². The van der Waals surface area contributed by atoms with Crippen molar-refractivity contribution < 1.29 is 9.15 Å². The lowest BCUT2D eigenvalue weighted by atomic mass is 10.2. The Morgan fingerprint density at radius 1 is 1.04 bits per heavy atom. The third-order valence-electron chi connectivity index (χ3n) is 3.69. The van der Waals surface area contributed by atoms with E-state index in [9.17, 15) is 0 Å². The molecule has 126 valence electrons.